The first kappa shape index (κ1) is 12.1. The molecule has 1 aromatic carbocycles. The maximum atomic E-state index is 5.85. The van der Waals surface area contributed by atoms with Gasteiger partial charge in [0.15, 0.2) is 0 Å². The van der Waals surface area contributed by atoms with E-state index >= 15 is 0 Å². The molecule has 2 aromatic rings. The fourth-order valence-electron chi connectivity index (χ4n) is 1.58. The minimum absolute atomic E-state index is 0.254. The van der Waals surface area contributed by atoms with E-state index in [2.05, 4.69) is 22.4 Å². The Bertz CT molecular complexity index is 478. The highest BCUT2D eigenvalue weighted by Gasteiger charge is 2.06. The summed E-state index contributed by atoms with van der Waals surface area (Å²) in [6, 6.07) is 8.10. The predicted molar refractivity (Wildman–Crippen MR) is 67.7 cm³/mol. The molecule has 0 spiro atoms. The van der Waals surface area contributed by atoms with Crippen LogP contribution in [0.15, 0.2) is 30.6 Å². The lowest BCUT2D eigenvalue weighted by Crippen LogP contribution is -2.20. The average Bonchev–Trinajstić information content (AvgIpc) is 2.73. The van der Waals surface area contributed by atoms with Gasteiger partial charge in [-0.3, -0.25) is 0 Å². The molecule has 90 valence electrons. The number of hydrogen-bond donors (Lipinski definition) is 1. The molecule has 0 saturated heterocycles. The Labute approximate surface area is 106 Å². The summed E-state index contributed by atoms with van der Waals surface area (Å²) in [5.74, 6) is 0.922. The summed E-state index contributed by atoms with van der Waals surface area (Å²) < 4.78 is 1.90. The Kier molecular flexibility index (Phi) is 3.76. The van der Waals surface area contributed by atoms with Crippen molar-refractivity contribution in [2.45, 2.75) is 19.5 Å². The third-order valence-corrected chi connectivity index (χ3v) is 2.99. The third-order valence-electron chi connectivity index (χ3n) is 2.74. The molecule has 2 rings (SSSR count). The van der Waals surface area contributed by atoms with Gasteiger partial charge in [-0.2, -0.15) is 0 Å². The average molecular weight is 251 g/mol. The highest BCUT2D eigenvalue weighted by molar-refractivity contribution is 6.30. The molecule has 0 aliphatic carbocycles. The Balaban J connectivity index is 1.95. The zero-order chi connectivity index (χ0) is 12.3. The second kappa shape index (κ2) is 5.29. The molecular formula is C12H15ClN4. The fraction of sp³-hybridized carbons (Fsp3) is 0.333. The number of halogens is 1. The Morgan fingerprint density at radius 2 is 2.06 bits per heavy atom. The maximum absolute atomic E-state index is 5.85. The summed E-state index contributed by atoms with van der Waals surface area (Å²) >= 11 is 5.85. The second-order valence-electron chi connectivity index (χ2n) is 4.01. The van der Waals surface area contributed by atoms with Crippen LogP contribution in [0.5, 0.6) is 0 Å². The summed E-state index contributed by atoms with van der Waals surface area (Å²) in [6.07, 6.45) is 1.70. The molecule has 0 unspecified atom stereocenters. The summed E-state index contributed by atoms with van der Waals surface area (Å²) in [6.45, 7) is 2.81. The van der Waals surface area contributed by atoms with Crippen LogP contribution in [0.25, 0.3) is 0 Å². The molecular weight excluding hydrogens is 236 g/mol. The van der Waals surface area contributed by atoms with Gasteiger partial charge in [-0.15, -0.1) is 10.2 Å². The molecule has 17 heavy (non-hydrogen) atoms. The molecule has 0 aliphatic rings. The molecule has 4 nitrogen and oxygen atoms in total. The van der Waals surface area contributed by atoms with Gasteiger partial charge < -0.3 is 9.88 Å². The van der Waals surface area contributed by atoms with E-state index in [1.54, 1.807) is 6.33 Å². The lowest BCUT2D eigenvalue weighted by atomic mass is 10.1. The van der Waals surface area contributed by atoms with Crippen molar-refractivity contribution in [3.8, 4) is 0 Å². The number of hydrogen-bond acceptors (Lipinski definition) is 3. The normalized spacial score (nSPS) is 12.6. The van der Waals surface area contributed by atoms with Crippen molar-refractivity contribution in [1.29, 1.82) is 0 Å². The predicted octanol–water partition coefficient (Wildman–Crippen LogP) is 2.32. The van der Waals surface area contributed by atoms with E-state index < -0.39 is 0 Å². The van der Waals surface area contributed by atoms with Crippen molar-refractivity contribution >= 4 is 11.6 Å². The highest BCUT2D eigenvalue weighted by Crippen LogP contribution is 2.16. The van der Waals surface area contributed by atoms with Crippen LogP contribution in [-0.4, -0.2) is 14.8 Å². The Morgan fingerprint density at radius 3 is 2.65 bits per heavy atom. The first-order valence-corrected chi connectivity index (χ1v) is 5.86. The van der Waals surface area contributed by atoms with Crippen LogP contribution < -0.4 is 5.32 Å². The van der Waals surface area contributed by atoms with Crippen molar-refractivity contribution in [3.63, 3.8) is 0 Å². The molecule has 0 bridgehead atoms. The van der Waals surface area contributed by atoms with Crippen molar-refractivity contribution in [1.82, 2.24) is 20.1 Å². The minimum Gasteiger partial charge on any atom is -0.320 e. The van der Waals surface area contributed by atoms with Gasteiger partial charge in [0, 0.05) is 18.1 Å². The molecule has 1 atom stereocenters. The summed E-state index contributed by atoms with van der Waals surface area (Å²) in [5, 5.41) is 12.0. The summed E-state index contributed by atoms with van der Waals surface area (Å²) in [7, 11) is 1.93. The first-order chi connectivity index (χ1) is 8.16. The van der Waals surface area contributed by atoms with E-state index in [1.165, 1.54) is 5.56 Å². The second-order valence-corrected chi connectivity index (χ2v) is 4.45. The fourth-order valence-corrected chi connectivity index (χ4v) is 1.71. The van der Waals surface area contributed by atoms with Gasteiger partial charge in [-0.25, -0.2) is 0 Å². The molecule has 0 radical (unpaired) electrons. The first-order valence-electron chi connectivity index (χ1n) is 5.48. The van der Waals surface area contributed by atoms with E-state index in [1.807, 2.05) is 35.9 Å². The molecule has 1 heterocycles. The molecule has 1 N–H and O–H groups in total. The number of aryl methyl sites for hydroxylation is 1. The van der Waals surface area contributed by atoms with E-state index in [4.69, 9.17) is 11.6 Å². The maximum Gasteiger partial charge on any atom is 0.146 e. The lowest BCUT2D eigenvalue weighted by Gasteiger charge is -2.13. The van der Waals surface area contributed by atoms with Crippen molar-refractivity contribution in [3.05, 3.63) is 47.0 Å². The topological polar surface area (TPSA) is 42.7 Å². The largest absolute Gasteiger partial charge is 0.320 e. The van der Waals surface area contributed by atoms with Crippen LogP contribution in [0.4, 0.5) is 0 Å². The van der Waals surface area contributed by atoms with Gasteiger partial charge in [0.2, 0.25) is 0 Å². The number of nitrogens with zero attached hydrogens (tertiary/aromatic N) is 3. The number of benzene rings is 1. The number of nitrogens with one attached hydrogen (secondary N) is 1. The molecule has 5 heteroatoms. The van der Waals surface area contributed by atoms with Crippen molar-refractivity contribution in [2.24, 2.45) is 7.05 Å². The molecule has 0 saturated carbocycles. The summed E-state index contributed by atoms with van der Waals surface area (Å²) in [4.78, 5) is 0. The standard InChI is InChI=1S/C12H15ClN4/c1-9(10-3-5-11(13)6-4-10)14-7-12-16-15-8-17(12)2/h3-6,8-9,14H,7H2,1-2H3/t9-/m0/s1. The molecule has 0 amide bonds. The van der Waals surface area contributed by atoms with E-state index in [0.717, 1.165) is 10.8 Å². The monoisotopic (exact) mass is 250 g/mol. The quantitative estimate of drug-likeness (QED) is 0.906. The van der Waals surface area contributed by atoms with Gasteiger partial charge >= 0.3 is 0 Å². The van der Waals surface area contributed by atoms with Gasteiger partial charge in [-0.1, -0.05) is 23.7 Å². The van der Waals surface area contributed by atoms with Crippen LogP contribution in [0, 0.1) is 0 Å². The summed E-state index contributed by atoms with van der Waals surface area (Å²) in [5.41, 5.74) is 1.21. The van der Waals surface area contributed by atoms with Gasteiger partial charge in [0.1, 0.15) is 12.2 Å². The lowest BCUT2D eigenvalue weighted by molar-refractivity contribution is 0.548. The van der Waals surface area contributed by atoms with E-state index in [9.17, 15) is 0 Å². The number of aromatic nitrogens is 3. The van der Waals surface area contributed by atoms with E-state index in [0.29, 0.717) is 6.54 Å². The molecule has 0 fully saturated rings. The third kappa shape index (κ3) is 3.05. The highest BCUT2D eigenvalue weighted by atomic mass is 35.5. The molecule has 1 aromatic heterocycles. The van der Waals surface area contributed by atoms with Crippen molar-refractivity contribution < 1.29 is 0 Å². The molecule has 0 aliphatic heterocycles. The van der Waals surface area contributed by atoms with Crippen LogP contribution in [0.3, 0.4) is 0 Å². The zero-order valence-corrected chi connectivity index (χ0v) is 10.6. The van der Waals surface area contributed by atoms with Crippen LogP contribution >= 0.6 is 11.6 Å². The van der Waals surface area contributed by atoms with Crippen LogP contribution in [-0.2, 0) is 13.6 Å². The van der Waals surface area contributed by atoms with Gasteiger partial charge in [0.05, 0.1) is 6.54 Å². The Hall–Kier alpha value is -1.39. The Morgan fingerprint density at radius 1 is 1.35 bits per heavy atom. The smallest absolute Gasteiger partial charge is 0.146 e. The van der Waals surface area contributed by atoms with Crippen LogP contribution in [0.1, 0.15) is 24.4 Å². The van der Waals surface area contributed by atoms with Gasteiger partial charge in [0.25, 0.3) is 0 Å². The SMILES string of the molecule is C[C@H](NCc1nncn1C)c1ccc(Cl)cc1. The van der Waals surface area contributed by atoms with Gasteiger partial charge in [-0.05, 0) is 24.6 Å². The zero-order valence-electron chi connectivity index (χ0n) is 9.89. The van der Waals surface area contributed by atoms with E-state index in [-0.39, 0.29) is 6.04 Å². The van der Waals surface area contributed by atoms with Crippen LogP contribution in [0.2, 0.25) is 5.02 Å². The number of rotatable bonds is 4. The van der Waals surface area contributed by atoms with Crippen molar-refractivity contribution in [2.75, 3.05) is 0 Å². The minimum atomic E-state index is 0.254.